The molecule has 1 aromatic carbocycles. The molecule has 0 radical (unpaired) electrons. The molecule has 1 heterocycles. The van der Waals surface area contributed by atoms with E-state index < -0.39 is 35.2 Å². The lowest BCUT2D eigenvalue weighted by Gasteiger charge is -2.37. The zero-order valence-electron chi connectivity index (χ0n) is 12.3. The maximum Gasteiger partial charge on any atom is 0.419 e. The fourth-order valence-corrected chi connectivity index (χ4v) is 2.98. The third-order valence-electron chi connectivity index (χ3n) is 4.25. The van der Waals surface area contributed by atoms with Crippen LogP contribution in [-0.4, -0.2) is 38.6 Å². The Bertz CT molecular complexity index is 563. The van der Waals surface area contributed by atoms with E-state index in [-0.39, 0.29) is 18.7 Å². The van der Waals surface area contributed by atoms with E-state index in [0.717, 1.165) is 20.3 Å². The Labute approximate surface area is 124 Å². The topological polar surface area (TPSA) is 21.7 Å². The number of alkyl halides is 3. The standard InChI is InChI=1S/C14H16F5NO2/c1-8-13(22-3,14(17,18)19)6-7-20(8)10-5-4-9(15)11(16)12(10)21-2/h4-5,8H,6-7H2,1-3H3/t8-,13-/m1/s1. The van der Waals surface area contributed by atoms with Crippen molar-refractivity contribution in [2.75, 3.05) is 25.7 Å². The summed E-state index contributed by atoms with van der Waals surface area (Å²) in [6.07, 6.45) is -4.89. The van der Waals surface area contributed by atoms with Crippen LogP contribution in [0, 0.1) is 11.6 Å². The minimum atomic E-state index is -4.58. The third kappa shape index (κ3) is 2.29. The van der Waals surface area contributed by atoms with Crippen molar-refractivity contribution in [3.05, 3.63) is 23.8 Å². The van der Waals surface area contributed by atoms with Crippen molar-refractivity contribution in [1.82, 2.24) is 0 Å². The summed E-state index contributed by atoms with van der Waals surface area (Å²) in [5, 5.41) is 0. The predicted octanol–water partition coefficient (Wildman–Crippen LogP) is 3.52. The summed E-state index contributed by atoms with van der Waals surface area (Å²) in [5.74, 6) is -2.77. The van der Waals surface area contributed by atoms with Crippen LogP contribution in [0.15, 0.2) is 12.1 Å². The number of hydrogen-bond donors (Lipinski definition) is 0. The molecular formula is C14H16F5NO2. The van der Waals surface area contributed by atoms with Crippen LogP contribution in [0.5, 0.6) is 5.75 Å². The maximum atomic E-state index is 13.8. The van der Waals surface area contributed by atoms with Crippen LogP contribution in [0.25, 0.3) is 0 Å². The van der Waals surface area contributed by atoms with Crippen molar-refractivity contribution in [2.24, 2.45) is 0 Å². The van der Waals surface area contributed by atoms with Gasteiger partial charge in [-0.25, -0.2) is 4.39 Å². The Morgan fingerprint density at radius 1 is 1.23 bits per heavy atom. The summed E-state index contributed by atoms with van der Waals surface area (Å²) in [5.41, 5.74) is -2.29. The van der Waals surface area contributed by atoms with Gasteiger partial charge in [-0.05, 0) is 19.1 Å². The van der Waals surface area contributed by atoms with Crippen molar-refractivity contribution in [3.63, 3.8) is 0 Å². The number of halogens is 5. The number of ether oxygens (including phenoxy) is 2. The molecule has 2 atom stereocenters. The average molecular weight is 325 g/mol. The Morgan fingerprint density at radius 2 is 1.86 bits per heavy atom. The second kappa shape index (κ2) is 5.57. The Morgan fingerprint density at radius 3 is 2.32 bits per heavy atom. The summed E-state index contributed by atoms with van der Waals surface area (Å²) in [7, 11) is 2.13. The second-order valence-electron chi connectivity index (χ2n) is 5.12. The lowest BCUT2D eigenvalue weighted by Crippen LogP contribution is -2.54. The fraction of sp³-hybridized carbons (Fsp3) is 0.571. The zero-order valence-corrected chi connectivity index (χ0v) is 12.3. The van der Waals surface area contributed by atoms with Gasteiger partial charge < -0.3 is 14.4 Å². The zero-order chi connectivity index (χ0) is 16.7. The summed E-state index contributed by atoms with van der Waals surface area (Å²) in [4.78, 5) is 1.32. The smallest absolute Gasteiger partial charge is 0.419 e. The molecule has 0 aliphatic carbocycles. The highest BCUT2D eigenvalue weighted by Gasteiger charge is 2.63. The summed E-state index contributed by atoms with van der Waals surface area (Å²) in [6.45, 7) is 1.32. The first-order chi connectivity index (χ1) is 10.2. The van der Waals surface area contributed by atoms with Crippen molar-refractivity contribution >= 4 is 5.69 Å². The van der Waals surface area contributed by atoms with Crippen LogP contribution in [-0.2, 0) is 4.74 Å². The van der Waals surface area contributed by atoms with E-state index in [1.807, 2.05) is 0 Å². The van der Waals surface area contributed by atoms with Gasteiger partial charge in [0.05, 0.1) is 18.8 Å². The molecule has 1 saturated heterocycles. The number of methoxy groups -OCH3 is 2. The molecule has 0 saturated carbocycles. The molecule has 124 valence electrons. The minimum absolute atomic E-state index is 0.0179. The fourth-order valence-electron chi connectivity index (χ4n) is 2.98. The molecule has 8 heteroatoms. The van der Waals surface area contributed by atoms with Crippen molar-refractivity contribution in [3.8, 4) is 5.75 Å². The molecule has 0 aromatic heterocycles. The van der Waals surface area contributed by atoms with Gasteiger partial charge in [0.1, 0.15) is 0 Å². The molecule has 0 N–H and O–H groups in total. The predicted molar refractivity (Wildman–Crippen MR) is 70.1 cm³/mol. The van der Waals surface area contributed by atoms with Crippen molar-refractivity contribution < 1.29 is 31.4 Å². The molecule has 1 aliphatic heterocycles. The highest BCUT2D eigenvalue weighted by atomic mass is 19.4. The van der Waals surface area contributed by atoms with Gasteiger partial charge in [0.15, 0.2) is 17.2 Å². The van der Waals surface area contributed by atoms with E-state index >= 15 is 0 Å². The molecule has 0 bridgehead atoms. The van der Waals surface area contributed by atoms with Gasteiger partial charge in [0.2, 0.25) is 5.82 Å². The third-order valence-corrected chi connectivity index (χ3v) is 4.25. The second-order valence-corrected chi connectivity index (χ2v) is 5.12. The number of hydrogen-bond acceptors (Lipinski definition) is 3. The first-order valence-electron chi connectivity index (χ1n) is 6.60. The molecule has 2 rings (SSSR count). The average Bonchev–Trinajstić information content (AvgIpc) is 2.79. The largest absolute Gasteiger partial charge is 0.491 e. The van der Waals surface area contributed by atoms with Crippen LogP contribution in [0.3, 0.4) is 0 Å². The van der Waals surface area contributed by atoms with Gasteiger partial charge in [-0.3, -0.25) is 0 Å². The van der Waals surface area contributed by atoms with E-state index in [2.05, 4.69) is 0 Å². The van der Waals surface area contributed by atoms with Gasteiger partial charge in [-0.15, -0.1) is 0 Å². The Hall–Kier alpha value is -1.57. The Kier molecular flexibility index (Phi) is 4.25. The van der Waals surface area contributed by atoms with Gasteiger partial charge in [0.25, 0.3) is 0 Å². The first kappa shape index (κ1) is 16.8. The lowest BCUT2D eigenvalue weighted by molar-refractivity contribution is -0.270. The summed E-state index contributed by atoms with van der Waals surface area (Å²) in [6, 6.07) is 0.951. The van der Waals surface area contributed by atoms with Crippen LogP contribution in [0.1, 0.15) is 13.3 Å². The Balaban J connectivity index is 2.47. The first-order valence-corrected chi connectivity index (χ1v) is 6.60. The normalized spacial score (nSPS) is 25.6. The van der Waals surface area contributed by atoms with Crippen LogP contribution in [0.2, 0.25) is 0 Å². The van der Waals surface area contributed by atoms with Crippen LogP contribution >= 0.6 is 0 Å². The SMILES string of the molecule is COc1c(N2CC[C@](OC)(C(F)(F)F)[C@H]2C)ccc(F)c1F. The van der Waals surface area contributed by atoms with E-state index in [1.165, 1.54) is 17.9 Å². The molecule has 1 aromatic rings. The summed E-state index contributed by atoms with van der Waals surface area (Å²) >= 11 is 0. The molecule has 22 heavy (non-hydrogen) atoms. The van der Waals surface area contributed by atoms with Crippen molar-refractivity contribution in [2.45, 2.75) is 31.2 Å². The maximum absolute atomic E-state index is 13.8. The molecule has 0 unspecified atom stereocenters. The summed E-state index contributed by atoms with van der Waals surface area (Å²) < 4.78 is 76.7. The monoisotopic (exact) mass is 325 g/mol. The number of rotatable bonds is 3. The van der Waals surface area contributed by atoms with Gasteiger partial charge in [-0.1, -0.05) is 0 Å². The molecule has 0 spiro atoms. The molecule has 1 fully saturated rings. The highest BCUT2D eigenvalue weighted by Crippen LogP contribution is 2.47. The van der Waals surface area contributed by atoms with Gasteiger partial charge >= 0.3 is 6.18 Å². The van der Waals surface area contributed by atoms with E-state index in [4.69, 9.17) is 9.47 Å². The van der Waals surface area contributed by atoms with Gasteiger partial charge in [0, 0.05) is 20.1 Å². The molecule has 0 amide bonds. The highest BCUT2D eigenvalue weighted by molar-refractivity contribution is 5.61. The van der Waals surface area contributed by atoms with E-state index in [1.54, 1.807) is 0 Å². The number of benzene rings is 1. The van der Waals surface area contributed by atoms with Crippen LogP contribution in [0.4, 0.5) is 27.6 Å². The minimum Gasteiger partial charge on any atom is -0.491 e. The molecule has 3 nitrogen and oxygen atoms in total. The number of nitrogens with zero attached hydrogens (tertiary/aromatic N) is 1. The quantitative estimate of drug-likeness (QED) is 0.794. The lowest BCUT2D eigenvalue weighted by atomic mass is 9.94. The number of anilines is 1. The molecule has 1 aliphatic rings. The van der Waals surface area contributed by atoms with Crippen molar-refractivity contribution in [1.29, 1.82) is 0 Å². The molecular weight excluding hydrogens is 309 g/mol. The van der Waals surface area contributed by atoms with E-state index in [9.17, 15) is 22.0 Å². The van der Waals surface area contributed by atoms with Gasteiger partial charge in [-0.2, -0.15) is 17.6 Å². The van der Waals surface area contributed by atoms with E-state index in [0.29, 0.717) is 0 Å². The van der Waals surface area contributed by atoms with Crippen LogP contribution < -0.4 is 9.64 Å².